The molecule has 1 aromatic carbocycles. The number of carbonyl (C=O) groups is 1. The van der Waals surface area contributed by atoms with Crippen LogP contribution in [0.2, 0.25) is 5.02 Å². The topological polar surface area (TPSA) is 40.9 Å². The van der Waals surface area contributed by atoms with Gasteiger partial charge in [0.15, 0.2) is 0 Å². The van der Waals surface area contributed by atoms with Crippen LogP contribution in [0.4, 0.5) is 0 Å². The molecule has 26 heavy (non-hydrogen) atoms. The molecule has 0 saturated carbocycles. The first-order valence-electron chi connectivity index (χ1n) is 8.88. The van der Waals surface area contributed by atoms with Crippen molar-refractivity contribution in [3.05, 3.63) is 71.1 Å². The van der Waals surface area contributed by atoms with E-state index in [0.29, 0.717) is 5.56 Å². The Morgan fingerprint density at radius 2 is 1.92 bits per heavy atom. The Kier molecular flexibility index (Phi) is 4.91. The smallest absolute Gasteiger partial charge is 0.257 e. The minimum atomic E-state index is 0.0660. The summed E-state index contributed by atoms with van der Waals surface area (Å²) in [7, 11) is 0. The summed E-state index contributed by atoms with van der Waals surface area (Å²) in [6, 6.07) is 11.8. The number of amides is 1. The summed E-state index contributed by atoms with van der Waals surface area (Å²) >= 11 is 6.05. The summed E-state index contributed by atoms with van der Waals surface area (Å²) in [6.45, 7) is 4.26. The molecule has 0 unspecified atom stereocenters. The van der Waals surface area contributed by atoms with Gasteiger partial charge >= 0.3 is 0 Å². The van der Waals surface area contributed by atoms with Crippen molar-refractivity contribution in [2.75, 3.05) is 32.7 Å². The maximum Gasteiger partial charge on any atom is 0.257 e. The Bertz CT molecular complexity index is 915. The number of fused-ring (bicyclic) bond motifs is 1. The molecule has 0 bridgehead atoms. The molecule has 1 saturated heterocycles. The van der Waals surface area contributed by atoms with Crippen molar-refractivity contribution in [3.63, 3.8) is 0 Å². The number of rotatable bonds is 4. The molecule has 1 fully saturated rings. The summed E-state index contributed by atoms with van der Waals surface area (Å²) < 4.78 is 1.88. The van der Waals surface area contributed by atoms with Crippen LogP contribution >= 0.6 is 11.6 Å². The minimum absolute atomic E-state index is 0.0660. The highest BCUT2D eigenvalue weighted by Crippen LogP contribution is 2.15. The summed E-state index contributed by atoms with van der Waals surface area (Å²) in [4.78, 5) is 21.5. The molecule has 1 amide bonds. The predicted molar refractivity (Wildman–Crippen MR) is 103 cm³/mol. The van der Waals surface area contributed by atoms with E-state index in [1.165, 1.54) is 5.56 Å². The molecule has 6 heteroatoms. The van der Waals surface area contributed by atoms with Crippen molar-refractivity contribution in [3.8, 4) is 0 Å². The van der Waals surface area contributed by atoms with Crippen LogP contribution in [0.25, 0.3) is 5.65 Å². The van der Waals surface area contributed by atoms with Crippen molar-refractivity contribution in [2.24, 2.45) is 0 Å². The van der Waals surface area contributed by atoms with Gasteiger partial charge in [0.1, 0.15) is 5.65 Å². The van der Waals surface area contributed by atoms with Crippen LogP contribution in [-0.4, -0.2) is 57.8 Å². The Labute approximate surface area is 157 Å². The molecule has 1 aliphatic rings. The molecular weight excluding hydrogens is 348 g/mol. The summed E-state index contributed by atoms with van der Waals surface area (Å²) in [5.41, 5.74) is 2.65. The zero-order valence-electron chi connectivity index (χ0n) is 14.5. The molecule has 4 rings (SSSR count). The average molecular weight is 369 g/mol. The zero-order chi connectivity index (χ0) is 17.9. The number of imidazole rings is 1. The molecule has 0 N–H and O–H groups in total. The molecule has 0 atom stereocenters. The lowest BCUT2D eigenvalue weighted by atomic mass is 10.1. The molecule has 2 aromatic heterocycles. The fourth-order valence-corrected chi connectivity index (χ4v) is 3.65. The van der Waals surface area contributed by atoms with E-state index in [4.69, 9.17) is 11.6 Å². The van der Waals surface area contributed by atoms with Gasteiger partial charge in [-0.1, -0.05) is 23.7 Å². The maximum atomic E-state index is 12.9. The first-order valence-corrected chi connectivity index (χ1v) is 9.26. The van der Waals surface area contributed by atoms with Gasteiger partial charge in [-0.05, 0) is 36.2 Å². The maximum absolute atomic E-state index is 12.9. The predicted octanol–water partition coefficient (Wildman–Crippen LogP) is 2.99. The lowest BCUT2D eigenvalue weighted by Gasteiger charge is -2.34. The molecule has 3 aromatic rings. The van der Waals surface area contributed by atoms with Crippen molar-refractivity contribution < 1.29 is 4.79 Å². The number of hydrogen-bond donors (Lipinski definition) is 0. The van der Waals surface area contributed by atoms with E-state index in [9.17, 15) is 4.79 Å². The van der Waals surface area contributed by atoms with Gasteiger partial charge in [0.2, 0.25) is 0 Å². The number of nitrogens with zero attached hydrogens (tertiary/aromatic N) is 4. The number of benzene rings is 1. The molecule has 0 radical (unpaired) electrons. The lowest BCUT2D eigenvalue weighted by Crippen LogP contribution is -2.49. The van der Waals surface area contributed by atoms with E-state index in [1.807, 2.05) is 52.0 Å². The molecular formula is C20H21ClN4O. The molecule has 134 valence electrons. The molecule has 0 aliphatic carbocycles. The van der Waals surface area contributed by atoms with Crippen LogP contribution in [0, 0.1) is 0 Å². The average Bonchev–Trinajstić information content (AvgIpc) is 3.15. The molecule has 5 nitrogen and oxygen atoms in total. The van der Waals surface area contributed by atoms with Crippen LogP contribution in [0.15, 0.2) is 55.0 Å². The number of hydrogen-bond acceptors (Lipinski definition) is 3. The lowest BCUT2D eigenvalue weighted by molar-refractivity contribution is 0.0640. The van der Waals surface area contributed by atoms with Gasteiger partial charge in [0.25, 0.3) is 5.91 Å². The van der Waals surface area contributed by atoms with E-state index in [1.54, 1.807) is 6.20 Å². The van der Waals surface area contributed by atoms with E-state index >= 15 is 0 Å². The van der Waals surface area contributed by atoms with Crippen LogP contribution in [0.1, 0.15) is 15.9 Å². The van der Waals surface area contributed by atoms with Crippen LogP contribution in [-0.2, 0) is 6.42 Å². The quantitative estimate of drug-likeness (QED) is 0.710. The molecule has 1 aliphatic heterocycles. The second kappa shape index (κ2) is 7.48. The van der Waals surface area contributed by atoms with E-state index in [-0.39, 0.29) is 5.91 Å². The van der Waals surface area contributed by atoms with Crippen molar-refractivity contribution >= 4 is 23.2 Å². The largest absolute Gasteiger partial charge is 0.336 e. The third-order valence-electron chi connectivity index (χ3n) is 4.91. The van der Waals surface area contributed by atoms with Crippen molar-refractivity contribution in [1.82, 2.24) is 19.2 Å². The number of pyridine rings is 1. The first-order chi connectivity index (χ1) is 12.7. The highest BCUT2D eigenvalue weighted by Gasteiger charge is 2.23. The number of aromatic nitrogens is 2. The molecule has 0 spiro atoms. The van der Waals surface area contributed by atoms with Crippen LogP contribution in [0.5, 0.6) is 0 Å². The molecule has 3 heterocycles. The third kappa shape index (κ3) is 3.59. The van der Waals surface area contributed by atoms with Crippen molar-refractivity contribution in [2.45, 2.75) is 6.42 Å². The van der Waals surface area contributed by atoms with Gasteiger partial charge in [-0.2, -0.15) is 0 Å². The van der Waals surface area contributed by atoms with Gasteiger partial charge in [0, 0.05) is 56.3 Å². The van der Waals surface area contributed by atoms with Crippen molar-refractivity contribution in [1.29, 1.82) is 0 Å². The summed E-state index contributed by atoms with van der Waals surface area (Å²) in [5, 5.41) is 0.783. The highest BCUT2D eigenvalue weighted by atomic mass is 35.5. The van der Waals surface area contributed by atoms with E-state index in [0.717, 1.165) is 49.8 Å². The Balaban J connectivity index is 1.34. The standard InChI is InChI=1S/C20H21ClN4O/c21-17-4-1-3-16(15-17)6-9-23-11-13-25(14-12-23)20(26)18-5-2-8-24-10-7-22-19(18)24/h1-5,7-8,10,15H,6,9,11-14H2. The van der Waals surface area contributed by atoms with Crippen LogP contribution in [0.3, 0.4) is 0 Å². The summed E-state index contributed by atoms with van der Waals surface area (Å²) in [6.07, 6.45) is 6.47. The number of piperazine rings is 1. The van der Waals surface area contributed by atoms with Gasteiger partial charge in [0.05, 0.1) is 5.56 Å². The number of carbonyl (C=O) groups excluding carboxylic acids is 1. The summed E-state index contributed by atoms with van der Waals surface area (Å²) in [5.74, 6) is 0.0660. The zero-order valence-corrected chi connectivity index (χ0v) is 15.3. The second-order valence-corrected chi connectivity index (χ2v) is 7.03. The monoisotopic (exact) mass is 368 g/mol. The van der Waals surface area contributed by atoms with E-state index in [2.05, 4.69) is 16.0 Å². The Morgan fingerprint density at radius 1 is 1.08 bits per heavy atom. The van der Waals surface area contributed by atoms with Gasteiger partial charge in [-0.25, -0.2) is 4.98 Å². The Hall–Kier alpha value is -2.37. The minimum Gasteiger partial charge on any atom is -0.336 e. The van der Waals surface area contributed by atoms with Crippen LogP contribution < -0.4 is 0 Å². The highest BCUT2D eigenvalue weighted by molar-refractivity contribution is 6.30. The van der Waals surface area contributed by atoms with Gasteiger partial charge < -0.3 is 9.30 Å². The van der Waals surface area contributed by atoms with E-state index < -0.39 is 0 Å². The first kappa shape index (κ1) is 17.1. The normalized spacial score (nSPS) is 15.5. The van der Waals surface area contributed by atoms with Gasteiger partial charge in [-0.15, -0.1) is 0 Å². The SMILES string of the molecule is O=C(c1cccn2ccnc12)N1CCN(CCc2cccc(Cl)c2)CC1. The number of halogens is 1. The van der Waals surface area contributed by atoms with Gasteiger partial charge in [-0.3, -0.25) is 9.69 Å². The fourth-order valence-electron chi connectivity index (χ4n) is 3.44. The Morgan fingerprint density at radius 3 is 2.73 bits per heavy atom. The fraction of sp³-hybridized carbons (Fsp3) is 0.300. The second-order valence-electron chi connectivity index (χ2n) is 6.59. The third-order valence-corrected chi connectivity index (χ3v) is 5.15.